The van der Waals surface area contributed by atoms with Crippen LogP contribution in [0.15, 0.2) is 22.9 Å². The van der Waals surface area contributed by atoms with Crippen molar-refractivity contribution in [1.82, 2.24) is 20.4 Å². The Hall–Kier alpha value is -1.70. The van der Waals surface area contributed by atoms with Crippen LogP contribution in [0.3, 0.4) is 0 Å². The van der Waals surface area contributed by atoms with Crippen molar-refractivity contribution in [1.29, 1.82) is 0 Å². The average Bonchev–Trinajstić information content (AvgIpc) is 3.07. The van der Waals surface area contributed by atoms with E-state index in [1.54, 1.807) is 19.4 Å². The van der Waals surface area contributed by atoms with Crippen molar-refractivity contribution in [2.75, 3.05) is 13.7 Å². The number of nitrogens with one attached hydrogen (secondary N) is 1. The molecule has 1 aliphatic rings. The quantitative estimate of drug-likeness (QED) is 0.871. The number of β-amino-alcohol motifs (C(OH)–C–C–N with tert-alkyl or cyclic N) is 1. The standard InChI is InChI=1S/C12H14N4O3.ClH/c1-18-10-3-2-7(5-14-10)11-15-12(19-16-11)9-4-8(17)6-13-9;/h2-3,5,8-9,13,17H,4,6H2,1H3;1H/t8-,9-;/m1./s1. The van der Waals surface area contributed by atoms with E-state index in [0.29, 0.717) is 30.6 Å². The van der Waals surface area contributed by atoms with Crippen LogP contribution >= 0.6 is 12.4 Å². The van der Waals surface area contributed by atoms with Gasteiger partial charge < -0.3 is 19.7 Å². The van der Waals surface area contributed by atoms with Gasteiger partial charge in [0.1, 0.15) is 0 Å². The molecule has 3 heterocycles. The monoisotopic (exact) mass is 298 g/mol. The number of pyridine rings is 1. The third-order valence-corrected chi connectivity index (χ3v) is 3.05. The fourth-order valence-electron chi connectivity index (χ4n) is 2.03. The molecule has 0 unspecified atom stereocenters. The summed E-state index contributed by atoms with van der Waals surface area (Å²) in [6, 6.07) is 3.47. The molecule has 1 saturated heterocycles. The number of ether oxygens (including phenoxy) is 1. The van der Waals surface area contributed by atoms with Crippen molar-refractivity contribution in [3.8, 4) is 17.3 Å². The summed E-state index contributed by atoms with van der Waals surface area (Å²) in [7, 11) is 1.56. The van der Waals surface area contributed by atoms with Crippen molar-refractivity contribution in [2.45, 2.75) is 18.6 Å². The number of nitrogens with zero attached hydrogens (tertiary/aromatic N) is 3. The highest BCUT2D eigenvalue weighted by Gasteiger charge is 2.28. The van der Waals surface area contributed by atoms with Gasteiger partial charge in [0.15, 0.2) is 0 Å². The minimum atomic E-state index is -0.358. The molecule has 8 heteroatoms. The van der Waals surface area contributed by atoms with E-state index >= 15 is 0 Å². The van der Waals surface area contributed by atoms with Crippen LogP contribution in [0.5, 0.6) is 5.88 Å². The second-order valence-electron chi connectivity index (χ2n) is 4.40. The second kappa shape index (κ2) is 6.17. The normalized spacial score (nSPS) is 21.5. The molecule has 0 radical (unpaired) electrons. The summed E-state index contributed by atoms with van der Waals surface area (Å²) in [5.74, 6) is 1.50. The molecule has 2 atom stereocenters. The van der Waals surface area contributed by atoms with Gasteiger partial charge in [0.05, 0.1) is 19.3 Å². The van der Waals surface area contributed by atoms with Gasteiger partial charge in [-0.25, -0.2) is 4.98 Å². The van der Waals surface area contributed by atoms with Gasteiger partial charge in [0, 0.05) is 24.4 Å². The van der Waals surface area contributed by atoms with E-state index in [-0.39, 0.29) is 24.6 Å². The summed E-state index contributed by atoms with van der Waals surface area (Å²) in [5.41, 5.74) is 0.759. The fourth-order valence-corrected chi connectivity index (χ4v) is 2.03. The summed E-state index contributed by atoms with van der Waals surface area (Å²) in [4.78, 5) is 8.41. The number of hydrogen-bond donors (Lipinski definition) is 2. The fraction of sp³-hybridized carbons (Fsp3) is 0.417. The maximum absolute atomic E-state index is 9.47. The molecular weight excluding hydrogens is 284 g/mol. The number of hydrogen-bond acceptors (Lipinski definition) is 7. The van der Waals surface area contributed by atoms with E-state index in [1.165, 1.54) is 0 Å². The molecule has 2 aromatic heterocycles. The molecule has 7 nitrogen and oxygen atoms in total. The summed E-state index contributed by atoms with van der Waals surface area (Å²) in [5, 5.41) is 16.5. The van der Waals surface area contributed by atoms with E-state index in [4.69, 9.17) is 9.26 Å². The van der Waals surface area contributed by atoms with E-state index in [1.807, 2.05) is 6.07 Å². The lowest BCUT2D eigenvalue weighted by molar-refractivity contribution is 0.191. The molecule has 0 spiro atoms. The molecule has 20 heavy (non-hydrogen) atoms. The highest BCUT2D eigenvalue weighted by atomic mass is 35.5. The molecule has 0 amide bonds. The predicted octanol–water partition coefficient (Wildman–Crippen LogP) is 0.957. The van der Waals surface area contributed by atoms with Crippen LogP contribution in [0.2, 0.25) is 0 Å². The first kappa shape index (κ1) is 14.7. The molecule has 2 N–H and O–H groups in total. The second-order valence-corrected chi connectivity index (χ2v) is 4.40. The number of aliphatic hydroxyl groups excluding tert-OH is 1. The van der Waals surface area contributed by atoms with Gasteiger partial charge in [0.25, 0.3) is 0 Å². The zero-order valence-corrected chi connectivity index (χ0v) is 11.6. The smallest absolute Gasteiger partial charge is 0.244 e. The first-order valence-electron chi connectivity index (χ1n) is 6.01. The summed E-state index contributed by atoms with van der Waals surface area (Å²) in [6.07, 6.45) is 1.86. The Bertz CT molecular complexity index is 560. The largest absolute Gasteiger partial charge is 0.481 e. The van der Waals surface area contributed by atoms with Crippen LogP contribution in [0.25, 0.3) is 11.4 Å². The van der Waals surface area contributed by atoms with E-state index in [0.717, 1.165) is 5.56 Å². The maximum atomic E-state index is 9.47. The molecule has 108 valence electrons. The molecule has 3 rings (SSSR count). The van der Waals surface area contributed by atoms with Gasteiger partial charge in [-0.15, -0.1) is 12.4 Å². The minimum Gasteiger partial charge on any atom is -0.481 e. The third kappa shape index (κ3) is 2.90. The Labute approximate surface area is 121 Å². The van der Waals surface area contributed by atoms with Gasteiger partial charge in [-0.05, 0) is 12.5 Å². The van der Waals surface area contributed by atoms with Crippen molar-refractivity contribution in [3.05, 3.63) is 24.2 Å². The van der Waals surface area contributed by atoms with Crippen molar-refractivity contribution >= 4 is 12.4 Å². The van der Waals surface area contributed by atoms with E-state index < -0.39 is 0 Å². The molecule has 0 bridgehead atoms. The van der Waals surface area contributed by atoms with Gasteiger partial charge in [-0.3, -0.25) is 0 Å². The highest BCUT2D eigenvalue weighted by molar-refractivity contribution is 5.85. The van der Waals surface area contributed by atoms with Gasteiger partial charge >= 0.3 is 0 Å². The number of rotatable bonds is 3. The van der Waals surface area contributed by atoms with E-state index in [9.17, 15) is 5.11 Å². The number of aromatic nitrogens is 3. The van der Waals surface area contributed by atoms with Crippen LogP contribution in [0.1, 0.15) is 18.4 Å². The molecule has 2 aromatic rings. The van der Waals surface area contributed by atoms with Gasteiger partial charge in [-0.1, -0.05) is 5.16 Å². The lowest BCUT2D eigenvalue weighted by Crippen LogP contribution is -2.15. The topological polar surface area (TPSA) is 93.3 Å². The minimum absolute atomic E-state index is 0. The van der Waals surface area contributed by atoms with Crippen molar-refractivity contribution in [2.24, 2.45) is 0 Å². The maximum Gasteiger partial charge on any atom is 0.244 e. The molecular formula is C12H15ClN4O3. The lowest BCUT2D eigenvalue weighted by atomic mass is 10.2. The zero-order chi connectivity index (χ0) is 13.2. The SMILES string of the molecule is COc1ccc(-c2noc([C@H]3C[C@@H](O)CN3)n2)cn1.Cl. The van der Waals surface area contributed by atoms with Crippen molar-refractivity contribution < 1.29 is 14.4 Å². The molecule has 0 aromatic carbocycles. The Morgan fingerprint density at radius 2 is 2.30 bits per heavy atom. The van der Waals surface area contributed by atoms with Crippen LogP contribution in [0, 0.1) is 0 Å². The summed E-state index contributed by atoms with van der Waals surface area (Å²) < 4.78 is 10.2. The Balaban J connectivity index is 0.00000147. The predicted molar refractivity (Wildman–Crippen MR) is 72.7 cm³/mol. The van der Waals surface area contributed by atoms with Crippen LogP contribution in [-0.2, 0) is 0 Å². The average molecular weight is 299 g/mol. The van der Waals surface area contributed by atoms with Gasteiger partial charge in [-0.2, -0.15) is 4.98 Å². The Kier molecular flexibility index (Phi) is 4.53. The first-order chi connectivity index (χ1) is 9.26. The lowest BCUT2D eigenvalue weighted by Gasteiger charge is -2.01. The molecule has 1 aliphatic heterocycles. The van der Waals surface area contributed by atoms with Gasteiger partial charge in [0.2, 0.25) is 17.6 Å². The van der Waals surface area contributed by atoms with Crippen LogP contribution < -0.4 is 10.1 Å². The number of halogens is 1. The Morgan fingerprint density at radius 3 is 2.90 bits per heavy atom. The highest BCUT2D eigenvalue weighted by Crippen LogP contribution is 2.24. The summed E-state index contributed by atoms with van der Waals surface area (Å²) >= 11 is 0. The van der Waals surface area contributed by atoms with Crippen LogP contribution in [0.4, 0.5) is 0 Å². The Morgan fingerprint density at radius 1 is 1.45 bits per heavy atom. The summed E-state index contributed by atoms with van der Waals surface area (Å²) in [6.45, 7) is 0.548. The van der Waals surface area contributed by atoms with Crippen molar-refractivity contribution in [3.63, 3.8) is 0 Å². The van der Waals surface area contributed by atoms with E-state index in [2.05, 4.69) is 20.4 Å². The van der Waals surface area contributed by atoms with Crippen LogP contribution in [-0.4, -0.2) is 40.0 Å². The zero-order valence-electron chi connectivity index (χ0n) is 10.8. The molecule has 0 aliphatic carbocycles. The molecule has 1 fully saturated rings. The third-order valence-electron chi connectivity index (χ3n) is 3.05. The molecule has 0 saturated carbocycles. The first-order valence-corrected chi connectivity index (χ1v) is 6.01. The number of methoxy groups -OCH3 is 1. The number of aliphatic hydroxyl groups is 1.